The second-order valence-electron chi connectivity index (χ2n) is 2.60. The van der Waals surface area contributed by atoms with Crippen molar-refractivity contribution in [3.05, 3.63) is 0 Å². The molecule has 0 fully saturated rings. The van der Waals surface area contributed by atoms with Gasteiger partial charge in [-0.2, -0.15) is 0 Å². The maximum Gasteiger partial charge on any atom is 1.00 e. The molecule has 0 unspecified atom stereocenters. The molecule has 0 radical (unpaired) electrons. The van der Waals surface area contributed by atoms with Crippen LogP contribution in [-0.2, 0) is 14.8 Å². The number of carboxylic acid groups (broad SMARTS) is 1. The molecule has 0 atom stereocenters. The van der Waals surface area contributed by atoms with Gasteiger partial charge in [0.25, 0.3) is 6.16 Å². The molecule has 0 N–H and O–H groups in total. The van der Waals surface area contributed by atoms with Gasteiger partial charge in [-0.15, -0.1) is 0 Å². The van der Waals surface area contributed by atoms with Gasteiger partial charge in [-0.3, -0.25) is 0 Å². The summed E-state index contributed by atoms with van der Waals surface area (Å²) in [6.07, 6.45) is -1.79. The van der Waals surface area contributed by atoms with Crippen molar-refractivity contribution < 1.29 is 76.1 Å². The Morgan fingerprint density at radius 1 is 1.36 bits per heavy atom. The molecule has 0 aromatic heterocycles. The summed E-state index contributed by atoms with van der Waals surface area (Å²) in [4.78, 5) is 17.4. The van der Waals surface area contributed by atoms with Crippen molar-refractivity contribution in [3.8, 4) is 0 Å². The van der Waals surface area contributed by atoms with Crippen LogP contribution in [0.4, 0.5) is 4.79 Å². The number of rotatable bonds is 2. The zero-order valence-electron chi connectivity index (χ0n) is 7.04. The normalized spacial score (nSPS) is 10.1. The molecule has 0 rings (SSSR count). The Bertz CT molecular complexity index is 119. The van der Waals surface area contributed by atoms with Gasteiger partial charge < -0.3 is 14.8 Å². The number of hydrogen-bond acceptors (Lipinski definition) is 5. The second kappa shape index (κ2) is 6.35. The summed E-state index contributed by atoms with van der Waals surface area (Å²) in [7, 11) is 0. The van der Waals surface area contributed by atoms with Crippen LogP contribution in [0.25, 0.3) is 0 Å². The van der Waals surface area contributed by atoms with Crippen LogP contribution in [0.15, 0.2) is 0 Å². The van der Waals surface area contributed by atoms with Crippen molar-refractivity contribution >= 4 is 6.16 Å². The molecule has 0 amide bonds. The van der Waals surface area contributed by atoms with Gasteiger partial charge >= 0.3 is 51.4 Å². The zero-order chi connectivity index (χ0) is 8.20. The molecule has 0 bridgehead atoms. The predicted octanol–water partition coefficient (Wildman–Crippen LogP) is -2.99. The fourth-order valence-electron chi connectivity index (χ4n) is 0.147. The molecule has 0 aromatic carbocycles. The van der Waals surface area contributed by atoms with E-state index in [1.165, 1.54) is 0 Å². The fraction of sp³-hybridized carbons (Fsp3) is 0.800. The smallest absolute Gasteiger partial charge is 0.424 e. The summed E-state index contributed by atoms with van der Waals surface area (Å²) in [5.74, 6) is 0. The van der Waals surface area contributed by atoms with Gasteiger partial charge in [-0.05, 0) is 20.8 Å². The van der Waals surface area contributed by atoms with Crippen LogP contribution in [0.1, 0.15) is 20.8 Å². The van der Waals surface area contributed by atoms with Crippen LogP contribution in [0.3, 0.4) is 0 Å². The van der Waals surface area contributed by atoms with Crippen LogP contribution in [0, 0.1) is 0 Å². The van der Waals surface area contributed by atoms with E-state index in [2.05, 4.69) is 14.8 Å². The van der Waals surface area contributed by atoms with Crippen molar-refractivity contribution in [1.29, 1.82) is 0 Å². The molecular weight excluding hydrogens is 179 g/mol. The molecule has 0 aromatic rings. The molecule has 60 valence electrons. The van der Waals surface area contributed by atoms with E-state index in [9.17, 15) is 9.90 Å². The molecule has 6 heteroatoms. The Hall–Kier alpha value is 0.826. The van der Waals surface area contributed by atoms with E-state index in [4.69, 9.17) is 0 Å². The fourth-order valence-corrected chi connectivity index (χ4v) is 0.147. The predicted molar refractivity (Wildman–Crippen MR) is 28.4 cm³/mol. The van der Waals surface area contributed by atoms with Gasteiger partial charge in [0.2, 0.25) is 0 Å². The topological polar surface area (TPSA) is 67.8 Å². The number of hydrogen-bond donors (Lipinski definition) is 0. The number of carbonyl (C=O) groups excluding carboxylic acids is 1. The Morgan fingerprint density at radius 3 is 2.09 bits per heavy atom. The van der Waals surface area contributed by atoms with Gasteiger partial charge in [-0.25, -0.2) is 4.89 Å². The van der Waals surface area contributed by atoms with E-state index in [0.717, 1.165) is 0 Å². The molecular formula is C5H9KO5. The maximum absolute atomic E-state index is 9.55. The Balaban J connectivity index is 0. The molecule has 0 saturated heterocycles. The van der Waals surface area contributed by atoms with Crippen molar-refractivity contribution in [2.75, 3.05) is 0 Å². The molecule has 0 aliphatic carbocycles. The summed E-state index contributed by atoms with van der Waals surface area (Å²) in [6, 6.07) is 0. The van der Waals surface area contributed by atoms with Crippen LogP contribution in [0.2, 0.25) is 0 Å². The van der Waals surface area contributed by atoms with Crippen molar-refractivity contribution in [2.45, 2.75) is 26.4 Å². The van der Waals surface area contributed by atoms with E-state index >= 15 is 0 Å². The molecule has 11 heavy (non-hydrogen) atoms. The number of carbonyl (C=O) groups is 1. The molecule has 0 aliphatic rings. The van der Waals surface area contributed by atoms with Crippen molar-refractivity contribution in [2.24, 2.45) is 0 Å². The van der Waals surface area contributed by atoms with E-state index < -0.39 is 11.8 Å². The van der Waals surface area contributed by atoms with E-state index in [1.807, 2.05) is 0 Å². The summed E-state index contributed by atoms with van der Waals surface area (Å²) < 4.78 is 0. The quantitative estimate of drug-likeness (QED) is 0.263. The van der Waals surface area contributed by atoms with Crippen molar-refractivity contribution in [1.82, 2.24) is 0 Å². The SMILES string of the molecule is CC(C)(C)OOOC(=O)[O-].[K+]. The monoisotopic (exact) mass is 188 g/mol. The van der Waals surface area contributed by atoms with E-state index in [-0.39, 0.29) is 51.4 Å². The van der Waals surface area contributed by atoms with Crippen molar-refractivity contribution in [3.63, 3.8) is 0 Å². The Morgan fingerprint density at radius 2 is 1.82 bits per heavy atom. The Kier molecular flexibility index (Phi) is 8.29. The first-order valence-corrected chi connectivity index (χ1v) is 2.65. The second-order valence-corrected chi connectivity index (χ2v) is 2.60. The van der Waals surface area contributed by atoms with Crippen LogP contribution in [0.5, 0.6) is 0 Å². The molecule has 0 heterocycles. The third-order valence-electron chi connectivity index (χ3n) is 0.386. The minimum atomic E-state index is -1.79. The van der Waals surface area contributed by atoms with Gasteiger partial charge in [-0.1, -0.05) is 5.04 Å². The van der Waals surface area contributed by atoms with Gasteiger partial charge in [0.1, 0.15) is 0 Å². The maximum atomic E-state index is 9.55. The van der Waals surface area contributed by atoms with Crippen LogP contribution in [-0.4, -0.2) is 11.8 Å². The standard InChI is InChI=1S/C5H10O5.K/c1-5(2,3)9-10-8-4(6)7;/h1-3H3,(H,6,7);/q;+1/p-1. The van der Waals surface area contributed by atoms with Crippen LogP contribution >= 0.6 is 0 Å². The first-order chi connectivity index (χ1) is 4.42. The van der Waals surface area contributed by atoms with Crippen LogP contribution < -0.4 is 56.5 Å². The summed E-state index contributed by atoms with van der Waals surface area (Å²) >= 11 is 0. The van der Waals surface area contributed by atoms with Gasteiger partial charge in [0, 0.05) is 0 Å². The molecule has 5 nitrogen and oxygen atoms in total. The average Bonchev–Trinajstić information content (AvgIpc) is 1.59. The first-order valence-electron chi connectivity index (χ1n) is 2.65. The third kappa shape index (κ3) is 13.8. The average molecular weight is 188 g/mol. The Labute approximate surface area is 107 Å². The minimum Gasteiger partial charge on any atom is -0.424 e. The molecule has 0 aliphatic heterocycles. The summed E-state index contributed by atoms with van der Waals surface area (Å²) in [5, 5.41) is 13.3. The minimum absolute atomic E-state index is 0. The summed E-state index contributed by atoms with van der Waals surface area (Å²) in [6.45, 7) is 5.02. The third-order valence-corrected chi connectivity index (χ3v) is 0.386. The van der Waals surface area contributed by atoms with E-state index in [0.29, 0.717) is 0 Å². The molecule has 0 saturated carbocycles. The largest absolute Gasteiger partial charge is 1.00 e. The van der Waals surface area contributed by atoms with Gasteiger partial charge in [0.05, 0.1) is 5.60 Å². The zero-order valence-corrected chi connectivity index (χ0v) is 10.2. The first kappa shape index (κ1) is 14.4. The molecule has 0 spiro atoms. The van der Waals surface area contributed by atoms with E-state index in [1.54, 1.807) is 20.8 Å². The summed E-state index contributed by atoms with van der Waals surface area (Å²) in [5.41, 5.74) is -0.602. The van der Waals surface area contributed by atoms with Gasteiger partial charge in [0.15, 0.2) is 0 Å².